The van der Waals surface area contributed by atoms with E-state index < -0.39 is 0 Å². The summed E-state index contributed by atoms with van der Waals surface area (Å²) in [6, 6.07) is 7.31. The zero-order valence-electron chi connectivity index (χ0n) is 11.3. The summed E-state index contributed by atoms with van der Waals surface area (Å²) in [5, 5.41) is 18.7. The summed E-state index contributed by atoms with van der Waals surface area (Å²) in [5.74, 6) is 0.264. The van der Waals surface area contributed by atoms with Crippen molar-refractivity contribution in [1.82, 2.24) is 0 Å². The highest BCUT2D eigenvalue weighted by molar-refractivity contribution is 5.45. The molecular weight excluding hydrogens is 222 g/mol. The Kier molecular flexibility index (Phi) is 6.94. The molecule has 0 atom stereocenters. The summed E-state index contributed by atoms with van der Waals surface area (Å²) in [4.78, 5) is 0. The zero-order valence-corrected chi connectivity index (χ0v) is 11.3. The lowest BCUT2D eigenvalue weighted by atomic mass is 10.00. The third-order valence-corrected chi connectivity index (χ3v) is 3.30. The summed E-state index contributed by atoms with van der Waals surface area (Å²) in [6.07, 6.45) is 9.55. The van der Waals surface area contributed by atoms with Gasteiger partial charge in [0, 0.05) is 5.56 Å². The van der Waals surface area contributed by atoms with Crippen LogP contribution in [0.1, 0.15) is 63.0 Å². The standard InChI is InChI=1S/C16H23NO/c1-2-3-4-5-6-7-8-11-15-14(13-17)10-9-12-16(15)18/h9-10,12,18H,2-8,11H2,1H3. The molecule has 1 rings (SSSR count). The van der Waals surface area contributed by atoms with Gasteiger partial charge in [-0.1, -0.05) is 51.5 Å². The van der Waals surface area contributed by atoms with E-state index in [0.29, 0.717) is 5.56 Å². The first-order valence-corrected chi connectivity index (χ1v) is 7.00. The topological polar surface area (TPSA) is 44.0 Å². The van der Waals surface area contributed by atoms with Gasteiger partial charge in [-0.2, -0.15) is 5.26 Å². The van der Waals surface area contributed by atoms with Gasteiger partial charge in [-0.25, -0.2) is 0 Å². The molecule has 0 radical (unpaired) electrons. The number of hydrogen-bond acceptors (Lipinski definition) is 2. The van der Waals surface area contributed by atoms with Crippen LogP contribution in [-0.4, -0.2) is 5.11 Å². The quantitative estimate of drug-likeness (QED) is 0.682. The van der Waals surface area contributed by atoms with Crippen LogP contribution in [0.15, 0.2) is 18.2 Å². The van der Waals surface area contributed by atoms with Gasteiger partial charge in [-0.05, 0) is 25.0 Å². The van der Waals surface area contributed by atoms with Crippen molar-refractivity contribution in [1.29, 1.82) is 5.26 Å². The van der Waals surface area contributed by atoms with E-state index in [9.17, 15) is 5.11 Å². The molecule has 0 unspecified atom stereocenters. The van der Waals surface area contributed by atoms with E-state index in [2.05, 4.69) is 13.0 Å². The molecule has 0 fully saturated rings. The molecule has 0 saturated heterocycles. The van der Waals surface area contributed by atoms with E-state index >= 15 is 0 Å². The van der Waals surface area contributed by atoms with E-state index in [1.165, 1.54) is 38.5 Å². The molecule has 0 aliphatic carbocycles. The molecular formula is C16H23NO. The van der Waals surface area contributed by atoms with Crippen LogP contribution in [0.2, 0.25) is 0 Å². The SMILES string of the molecule is CCCCCCCCCc1c(O)cccc1C#N. The van der Waals surface area contributed by atoms with Crippen molar-refractivity contribution in [3.8, 4) is 11.8 Å². The van der Waals surface area contributed by atoms with E-state index in [1.807, 2.05) is 0 Å². The first-order valence-electron chi connectivity index (χ1n) is 7.00. The summed E-state index contributed by atoms with van der Waals surface area (Å²) in [7, 11) is 0. The largest absolute Gasteiger partial charge is 0.508 e. The predicted octanol–water partition coefficient (Wildman–Crippen LogP) is 4.56. The Labute approximate surface area is 110 Å². The Morgan fingerprint density at radius 2 is 1.72 bits per heavy atom. The van der Waals surface area contributed by atoms with Crippen LogP contribution in [0.3, 0.4) is 0 Å². The van der Waals surface area contributed by atoms with E-state index in [0.717, 1.165) is 18.4 Å². The number of nitrogens with zero attached hydrogens (tertiary/aromatic N) is 1. The van der Waals surface area contributed by atoms with E-state index in [4.69, 9.17) is 5.26 Å². The number of unbranched alkanes of at least 4 members (excludes halogenated alkanes) is 6. The van der Waals surface area contributed by atoms with Crippen LogP contribution in [0, 0.1) is 11.3 Å². The molecule has 0 aliphatic rings. The Bertz CT molecular complexity index is 393. The molecule has 18 heavy (non-hydrogen) atoms. The fourth-order valence-electron chi connectivity index (χ4n) is 2.20. The summed E-state index contributed by atoms with van der Waals surface area (Å²) >= 11 is 0. The molecule has 0 aromatic heterocycles. The first kappa shape index (κ1) is 14.6. The highest BCUT2D eigenvalue weighted by Crippen LogP contribution is 2.23. The molecule has 2 heteroatoms. The number of hydrogen-bond donors (Lipinski definition) is 1. The number of nitriles is 1. The van der Waals surface area contributed by atoms with Crippen molar-refractivity contribution >= 4 is 0 Å². The maximum Gasteiger partial charge on any atom is 0.120 e. The van der Waals surface area contributed by atoms with Gasteiger partial charge in [0.2, 0.25) is 0 Å². The molecule has 0 amide bonds. The molecule has 1 aromatic rings. The van der Waals surface area contributed by atoms with Crippen molar-refractivity contribution in [3.63, 3.8) is 0 Å². The van der Waals surface area contributed by atoms with Gasteiger partial charge in [-0.15, -0.1) is 0 Å². The van der Waals surface area contributed by atoms with Crippen LogP contribution in [0.5, 0.6) is 5.75 Å². The lowest BCUT2D eigenvalue weighted by Gasteiger charge is -2.06. The molecule has 0 bridgehead atoms. The second-order valence-electron chi connectivity index (χ2n) is 4.79. The van der Waals surface area contributed by atoms with Crippen molar-refractivity contribution in [2.24, 2.45) is 0 Å². The number of rotatable bonds is 8. The second-order valence-corrected chi connectivity index (χ2v) is 4.79. The van der Waals surface area contributed by atoms with Gasteiger partial charge < -0.3 is 5.11 Å². The van der Waals surface area contributed by atoms with Gasteiger partial charge in [0.15, 0.2) is 0 Å². The monoisotopic (exact) mass is 245 g/mol. The van der Waals surface area contributed by atoms with Gasteiger partial charge in [0.05, 0.1) is 11.6 Å². The molecule has 0 spiro atoms. The molecule has 0 saturated carbocycles. The van der Waals surface area contributed by atoms with E-state index in [1.54, 1.807) is 18.2 Å². The molecule has 1 N–H and O–H groups in total. The Balaban J connectivity index is 2.29. The minimum Gasteiger partial charge on any atom is -0.508 e. The fourth-order valence-corrected chi connectivity index (χ4v) is 2.20. The van der Waals surface area contributed by atoms with Crippen LogP contribution in [-0.2, 0) is 6.42 Å². The lowest BCUT2D eigenvalue weighted by Crippen LogP contribution is -1.92. The Hall–Kier alpha value is -1.49. The van der Waals surface area contributed by atoms with Crippen LogP contribution in [0.4, 0.5) is 0 Å². The average Bonchev–Trinajstić information content (AvgIpc) is 2.39. The summed E-state index contributed by atoms with van der Waals surface area (Å²) in [5.41, 5.74) is 1.43. The zero-order chi connectivity index (χ0) is 13.2. The molecule has 1 aromatic carbocycles. The molecule has 2 nitrogen and oxygen atoms in total. The second kappa shape index (κ2) is 8.58. The number of aromatic hydroxyl groups is 1. The van der Waals surface area contributed by atoms with Crippen LogP contribution < -0.4 is 0 Å². The van der Waals surface area contributed by atoms with Crippen molar-refractivity contribution in [3.05, 3.63) is 29.3 Å². The number of benzene rings is 1. The summed E-state index contributed by atoms with van der Waals surface area (Å²) in [6.45, 7) is 2.22. The molecule has 0 aliphatic heterocycles. The van der Waals surface area contributed by atoms with Crippen molar-refractivity contribution in [2.45, 2.75) is 58.3 Å². The van der Waals surface area contributed by atoms with Crippen LogP contribution in [0.25, 0.3) is 0 Å². The summed E-state index contributed by atoms with van der Waals surface area (Å²) < 4.78 is 0. The smallest absolute Gasteiger partial charge is 0.120 e. The maximum atomic E-state index is 9.74. The van der Waals surface area contributed by atoms with Gasteiger partial charge >= 0.3 is 0 Å². The Morgan fingerprint density at radius 1 is 1.06 bits per heavy atom. The minimum absolute atomic E-state index is 0.264. The van der Waals surface area contributed by atoms with Crippen molar-refractivity contribution < 1.29 is 5.11 Å². The normalized spacial score (nSPS) is 10.2. The van der Waals surface area contributed by atoms with Crippen LogP contribution >= 0.6 is 0 Å². The van der Waals surface area contributed by atoms with Gasteiger partial charge in [-0.3, -0.25) is 0 Å². The first-order chi connectivity index (χ1) is 8.79. The highest BCUT2D eigenvalue weighted by atomic mass is 16.3. The van der Waals surface area contributed by atoms with E-state index in [-0.39, 0.29) is 5.75 Å². The number of phenolic OH excluding ortho intramolecular Hbond substituents is 1. The van der Waals surface area contributed by atoms with Gasteiger partial charge in [0.1, 0.15) is 5.75 Å². The Morgan fingerprint density at radius 3 is 2.39 bits per heavy atom. The third kappa shape index (κ3) is 4.79. The average molecular weight is 245 g/mol. The minimum atomic E-state index is 0.264. The maximum absolute atomic E-state index is 9.74. The van der Waals surface area contributed by atoms with Crippen molar-refractivity contribution in [2.75, 3.05) is 0 Å². The molecule has 98 valence electrons. The third-order valence-electron chi connectivity index (χ3n) is 3.30. The number of phenols is 1. The van der Waals surface area contributed by atoms with Gasteiger partial charge in [0.25, 0.3) is 0 Å². The highest BCUT2D eigenvalue weighted by Gasteiger charge is 2.06. The molecule has 0 heterocycles. The fraction of sp³-hybridized carbons (Fsp3) is 0.562. The lowest BCUT2D eigenvalue weighted by molar-refractivity contribution is 0.465. The predicted molar refractivity (Wildman–Crippen MR) is 74.5 cm³/mol.